The second-order valence-corrected chi connectivity index (χ2v) is 7.12. The van der Waals surface area contributed by atoms with Crippen molar-refractivity contribution in [3.8, 4) is 5.75 Å². The van der Waals surface area contributed by atoms with Crippen molar-refractivity contribution >= 4 is 22.5 Å². The first-order valence-corrected chi connectivity index (χ1v) is 9.56. The SMILES string of the molecule is CCC(=O)Nc1ccc2nc(C3CC3)n(Cc3ccc(OC)cc3)c(=O)c2c1. The lowest BCUT2D eigenvalue weighted by atomic mass is 10.1. The van der Waals surface area contributed by atoms with Crippen LogP contribution < -0.4 is 15.6 Å². The molecule has 0 bridgehead atoms. The number of nitrogens with zero attached hydrogens (tertiary/aromatic N) is 2. The summed E-state index contributed by atoms with van der Waals surface area (Å²) in [4.78, 5) is 29.8. The first-order valence-electron chi connectivity index (χ1n) is 9.56. The predicted octanol–water partition coefficient (Wildman–Crippen LogP) is 3.68. The topological polar surface area (TPSA) is 73.2 Å². The number of hydrogen-bond acceptors (Lipinski definition) is 4. The van der Waals surface area contributed by atoms with Gasteiger partial charge in [-0.15, -0.1) is 0 Å². The van der Waals surface area contributed by atoms with E-state index in [4.69, 9.17) is 9.72 Å². The molecule has 3 aromatic rings. The second kappa shape index (κ2) is 7.46. The number of amides is 1. The van der Waals surface area contributed by atoms with E-state index in [9.17, 15) is 9.59 Å². The maximum absolute atomic E-state index is 13.3. The number of carbonyl (C=O) groups excluding carboxylic acids is 1. The third kappa shape index (κ3) is 3.63. The normalized spacial score (nSPS) is 13.5. The van der Waals surface area contributed by atoms with Gasteiger partial charge >= 0.3 is 0 Å². The highest BCUT2D eigenvalue weighted by molar-refractivity contribution is 5.93. The van der Waals surface area contributed by atoms with Crippen LogP contribution in [0.25, 0.3) is 10.9 Å². The second-order valence-electron chi connectivity index (χ2n) is 7.12. The molecule has 0 spiro atoms. The van der Waals surface area contributed by atoms with E-state index in [-0.39, 0.29) is 11.5 Å². The molecule has 1 N–H and O–H groups in total. The van der Waals surface area contributed by atoms with E-state index < -0.39 is 0 Å². The largest absolute Gasteiger partial charge is 0.497 e. The van der Waals surface area contributed by atoms with Gasteiger partial charge in [0.25, 0.3) is 5.56 Å². The Morgan fingerprint density at radius 1 is 1.21 bits per heavy atom. The van der Waals surface area contributed by atoms with E-state index in [0.29, 0.717) is 35.5 Å². The Labute approximate surface area is 163 Å². The van der Waals surface area contributed by atoms with Gasteiger partial charge < -0.3 is 10.1 Å². The summed E-state index contributed by atoms with van der Waals surface area (Å²) in [6, 6.07) is 13.0. The summed E-state index contributed by atoms with van der Waals surface area (Å²) in [7, 11) is 1.63. The van der Waals surface area contributed by atoms with E-state index in [1.165, 1.54) is 0 Å². The lowest BCUT2D eigenvalue weighted by Crippen LogP contribution is -2.26. The van der Waals surface area contributed by atoms with Crippen LogP contribution in [-0.4, -0.2) is 22.6 Å². The van der Waals surface area contributed by atoms with Gasteiger partial charge in [0.1, 0.15) is 11.6 Å². The Bertz CT molecular complexity index is 1080. The Morgan fingerprint density at radius 3 is 2.61 bits per heavy atom. The van der Waals surface area contributed by atoms with Crippen LogP contribution in [0.1, 0.15) is 43.5 Å². The molecular weight excluding hydrogens is 354 g/mol. The Morgan fingerprint density at radius 2 is 1.96 bits per heavy atom. The van der Waals surface area contributed by atoms with Crippen LogP contribution in [0.3, 0.4) is 0 Å². The molecule has 4 rings (SSSR count). The number of nitrogens with one attached hydrogen (secondary N) is 1. The van der Waals surface area contributed by atoms with Crippen LogP contribution in [0.15, 0.2) is 47.3 Å². The fraction of sp³-hybridized carbons (Fsp3) is 0.318. The molecule has 28 heavy (non-hydrogen) atoms. The molecular formula is C22H23N3O3. The van der Waals surface area contributed by atoms with Gasteiger partial charge in [0, 0.05) is 18.0 Å². The molecule has 1 fully saturated rings. The van der Waals surface area contributed by atoms with Crippen molar-refractivity contribution in [1.82, 2.24) is 9.55 Å². The van der Waals surface area contributed by atoms with Crippen molar-refractivity contribution < 1.29 is 9.53 Å². The molecule has 1 amide bonds. The van der Waals surface area contributed by atoms with Crippen molar-refractivity contribution in [3.05, 3.63) is 64.2 Å². The standard InChI is InChI=1S/C22H23N3O3/c1-3-20(26)23-16-8-11-19-18(12-16)22(27)25(21(24-19)15-6-7-15)13-14-4-9-17(28-2)10-5-14/h4-5,8-12,15H,3,6-7,13H2,1-2H3,(H,23,26). The molecule has 0 atom stereocenters. The van der Waals surface area contributed by atoms with Crippen LogP contribution in [0.2, 0.25) is 0 Å². The van der Waals surface area contributed by atoms with Crippen LogP contribution in [0.4, 0.5) is 5.69 Å². The van der Waals surface area contributed by atoms with Crippen LogP contribution in [-0.2, 0) is 11.3 Å². The van der Waals surface area contributed by atoms with E-state index in [2.05, 4.69) is 5.32 Å². The van der Waals surface area contributed by atoms with Crippen molar-refractivity contribution in [2.45, 2.75) is 38.6 Å². The number of aromatic nitrogens is 2. The number of methoxy groups -OCH3 is 1. The molecule has 1 aliphatic carbocycles. The van der Waals surface area contributed by atoms with Gasteiger partial charge in [0.15, 0.2) is 0 Å². The molecule has 0 unspecified atom stereocenters. The summed E-state index contributed by atoms with van der Waals surface area (Å²) in [6.07, 6.45) is 2.51. The third-order valence-electron chi connectivity index (χ3n) is 5.03. The average molecular weight is 377 g/mol. The van der Waals surface area contributed by atoms with Crippen molar-refractivity contribution in [1.29, 1.82) is 0 Å². The number of anilines is 1. The molecule has 6 nitrogen and oxygen atoms in total. The zero-order chi connectivity index (χ0) is 19.7. The Kier molecular flexibility index (Phi) is 4.86. The molecule has 1 saturated carbocycles. The monoisotopic (exact) mass is 377 g/mol. The summed E-state index contributed by atoms with van der Waals surface area (Å²) in [5.41, 5.74) is 2.23. The van der Waals surface area contributed by atoms with E-state index in [1.54, 1.807) is 30.7 Å². The molecule has 144 valence electrons. The summed E-state index contributed by atoms with van der Waals surface area (Å²) in [5, 5.41) is 3.33. The van der Waals surface area contributed by atoms with Crippen LogP contribution >= 0.6 is 0 Å². The first-order chi connectivity index (χ1) is 13.6. The first kappa shape index (κ1) is 18.2. The number of rotatable bonds is 6. The lowest BCUT2D eigenvalue weighted by molar-refractivity contribution is -0.115. The molecule has 1 aromatic heterocycles. The Hall–Kier alpha value is -3.15. The molecule has 1 aliphatic rings. The number of carbonyl (C=O) groups is 1. The summed E-state index contributed by atoms with van der Waals surface area (Å²) < 4.78 is 6.98. The van der Waals surface area contributed by atoms with Crippen molar-refractivity contribution in [2.24, 2.45) is 0 Å². The minimum Gasteiger partial charge on any atom is -0.497 e. The molecule has 0 aliphatic heterocycles. The highest BCUT2D eigenvalue weighted by atomic mass is 16.5. The van der Waals surface area contributed by atoms with Crippen molar-refractivity contribution in [3.63, 3.8) is 0 Å². The minimum absolute atomic E-state index is 0.0738. The zero-order valence-electron chi connectivity index (χ0n) is 16.1. The average Bonchev–Trinajstić information content (AvgIpc) is 3.56. The van der Waals surface area contributed by atoms with Gasteiger partial charge in [-0.1, -0.05) is 19.1 Å². The quantitative estimate of drug-likeness (QED) is 0.711. The maximum Gasteiger partial charge on any atom is 0.261 e. The van der Waals surface area contributed by atoms with Crippen LogP contribution in [0.5, 0.6) is 5.75 Å². The highest BCUT2D eigenvalue weighted by Gasteiger charge is 2.29. The van der Waals surface area contributed by atoms with Gasteiger partial charge in [-0.05, 0) is 48.7 Å². The van der Waals surface area contributed by atoms with Gasteiger partial charge in [-0.25, -0.2) is 4.98 Å². The summed E-state index contributed by atoms with van der Waals surface area (Å²) in [6.45, 7) is 2.25. The summed E-state index contributed by atoms with van der Waals surface area (Å²) in [5.74, 6) is 1.89. The molecule has 6 heteroatoms. The fourth-order valence-electron chi connectivity index (χ4n) is 3.28. The lowest BCUT2D eigenvalue weighted by Gasteiger charge is -2.14. The zero-order valence-corrected chi connectivity index (χ0v) is 16.1. The predicted molar refractivity (Wildman–Crippen MR) is 109 cm³/mol. The van der Waals surface area contributed by atoms with Gasteiger partial charge in [0.05, 0.1) is 24.6 Å². The van der Waals surface area contributed by atoms with E-state index in [0.717, 1.165) is 30.0 Å². The molecule has 0 saturated heterocycles. The Balaban J connectivity index is 1.78. The van der Waals surface area contributed by atoms with Gasteiger partial charge in [0.2, 0.25) is 5.91 Å². The molecule has 0 radical (unpaired) electrons. The number of hydrogen-bond donors (Lipinski definition) is 1. The van der Waals surface area contributed by atoms with Crippen LogP contribution in [0, 0.1) is 0 Å². The summed E-state index contributed by atoms with van der Waals surface area (Å²) >= 11 is 0. The maximum atomic E-state index is 13.3. The third-order valence-corrected chi connectivity index (χ3v) is 5.03. The van der Waals surface area contributed by atoms with Gasteiger partial charge in [-0.3, -0.25) is 14.2 Å². The molecule has 2 aromatic carbocycles. The van der Waals surface area contributed by atoms with E-state index in [1.807, 2.05) is 30.3 Å². The number of benzene rings is 2. The smallest absolute Gasteiger partial charge is 0.261 e. The van der Waals surface area contributed by atoms with Crippen molar-refractivity contribution in [2.75, 3.05) is 12.4 Å². The number of ether oxygens (including phenoxy) is 1. The fourth-order valence-corrected chi connectivity index (χ4v) is 3.28. The van der Waals surface area contributed by atoms with E-state index >= 15 is 0 Å². The molecule has 1 heterocycles. The highest BCUT2D eigenvalue weighted by Crippen LogP contribution is 2.39. The van der Waals surface area contributed by atoms with Gasteiger partial charge in [-0.2, -0.15) is 0 Å². The number of fused-ring (bicyclic) bond motifs is 1. The minimum atomic E-state index is -0.0829.